The smallest absolute Gasteiger partial charge is 0.265 e. The molecule has 4 aromatic rings. The second-order valence-electron chi connectivity index (χ2n) is 6.28. The normalized spacial score (nSPS) is 10.9. The lowest BCUT2D eigenvalue weighted by molar-refractivity contribution is 0.103. The Morgan fingerprint density at radius 1 is 1.14 bits per heavy atom. The summed E-state index contributed by atoms with van der Waals surface area (Å²) in [6.45, 7) is 0. The van der Waals surface area contributed by atoms with Crippen LogP contribution in [0.1, 0.15) is 15.2 Å². The lowest BCUT2D eigenvalue weighted by atomic mass is 10.2. The van der Waals surface area contributed by atoms with Crippen LogP contribution in [0.4, 0.5) is 10.8 Å². The third-order valence-corrected chi connectivity index (χ3v) is 7.24. The Bertz CT molecular complexity index is 1070. The highest BCUT2D eigenvalue weighted by atomic mass is 32.2. The van der Waals surface area contributed by atoms with E-state index in [0.29, 0.717) is 4.88 Å². The van der Waals surface area contributed by atoms with Crippen LogP contribution in [0.15, 0.2) is 59.8 Å². The van der Waals surface area contributed by atoms with Crippen LogP contribution in [0.5, 0.6) is 0 Å². The van der Waals surface area contributed by atoms with Gasteiger partial charge in [-0.15, -0.1) is 23.1 Å². The summed E-state index contributed by atoms with van der Waals surface area (Å²) >= 11 is 4.69. The van der Waals surface area contributed by atoms with Crippen molar-refractivity contribution in [2.24, 2.45) is 0 Å². The van der Waals surface area contributed by atoms with E-state index >= 15 is 0 Å². The highest BCUT2D eigenvalue weighted by Gasteiger charge is 2.15. The quantitative estimate of drug-likeness (QED) is 0.420. The average molecular weight is 427 g/mol. The summed E-state index contributed by atoms with van der Waals surface area (Å²) in [5.41, 5.74) is 1.93. The zero-order chi connectivity index (χ0) is 19.5. The van der Waals surface area contributed by atoms with Crippen LogP contribution in [0.3, 0.4) is 0 Å². The molecular weight excluding hydrogens is 408 g/mol. The zero-order valence-corrected chi connectivity index (χ0v) is 17.8. The number of benzene rings is 1. The number of rotatable bonds is 6. The van der Waals surface area contributed by atoms with Gasteiger partial charge in [-0.2, -0.15) is 0 Å². The Hall–Kier alpha value is -2.42. The number of aromatic nitrogens is 2. The molecule has 0 fully saturated rings. The van der Waals surface area contributed by atoms with Crippen LogP contribution < -0.4 is 10.2 Å². The summed E-state index contributed by atoms with van der Waals surface area (Å²) in [6.07, 6.45) is 1.79. The van der Waals surface area contributed by atoms with Crippen molar-refractivity contribution in [3.63, 3.8) is 0 Å². The molecule has 4 rings (SSSR count). The highest BCUT2D eigenvalue weighted by Crippen LogP contribution is 2.34. The van der Waals surface area contributed by atoms with Crippen molar-refractivity contribution in [2.75, 3.05) is 24.3 Å². The van der Waals surface area contributed by atoms with Gasteiger partial charge in [0.15, 0.2) is 5.13 Å². The second kappa shape index (κ2) is 8.30. The largest absolute Gasteiger partial charge is 0.354 e. The van der Waals surface area contributed by atoms with Crippen LogP contribution in [0, 0.1) is 0 Å². The number of carbonyl (C=O) groups excluding carboxylic acids is 1. The van der Waals surface area contributed by atoms with Gasteiger partial charge < -0.3 is 10.2 Å². The second-order valence-corrected chi connectivity index (χ2v) is 9.32. The fourth-order valence-corrected chi connectivity index (χ4v) is 5.38. The van der Waals surface area contributed by atoms with Gasteiger partial charge >= 0.3 is 0 Å². The molecular formula is C20H18N4OS3. The molecule has 8 heteroatoms. The molecule has 0 radical (unpaired) electrons. The molecule has 0 spiro atoms. The number of thiazole rings is 1. The SMILES string of the molecule is CN(C)c1nc2sc(C(=O)Nc3cccc(CSc4ccccn4)c3)cc2s1. The molecule has 0 aliphatic rings. The summed E-state index contributed by atoms with van der Waals surface area (Å²) < 4.78 is 1.04. The number of hydrogen-bond acceptors (Lipinski definition) is 7. The summed E-state index contributed by atoms with van der Waals surface area (Å²) in [6, 6.07) is 15.7. The summed E-state index contributed by atoms with van der Waals surface area (Å²) in [5, 5.41) is 4.93. The molecule has 0 bridgehead atoms. The van der Waals surface area contributed by atoms with Gasteiger partial charge in [-0.05, 0) is 35.9 Å². The molecule has 5 nitrogen and oxygen atoms in total. The van der Waals surface area contributed by atoms with Crippen molar-refractivity contribution < 1.29 is 4.79 Å². The molecule has 28 heavy (non-hydrogen) atoms. The number of thioether (sulfide) groups is 1. The fraction of sp³-hybridized carbons (Fsp3) is 0.150. The molecule has 3 aromatic heterocycles. The summed E-state index contributed by atoms with van der Waals surface area (Å²) in [5.74, 6) is 0.697. The molecule has 0 saturated carbocycles. The van der Waals surface area contributed by atoms with Crippen LogP contribution >= 0.6 is 34.4 Å². The first-order chi connectivity index (χ1) is 13.6. The Morgan fingerprint density at radius 2 is 2.04 bits per heavy atom. The third-order valence-electron chi connectivity index (χ3n) is 3.89. The number of hydrogen-bond donors (Lipinski definition) is 1. The number of carbonyl (C=O) groups is 1. The fourth-order valence-electron chi connectivity index (χ4n) is 2.55. The van der Waals surface area contributed by atoms with Gasteiger partial charge in [0.25, 0.3) is 5.91 Å². The van der Waals surface area contributed by atoms with E-state index in [-0.39, 0.29) is 5.91 Å². The van der Waals surface area contributed by atoms with E-state index in [4.69, 9.17) is 0 Å². The molecule has 0 saturated heterocycles. The lowest BCUT2D eigenvalue weighted by Crippen LogP contribution is -2.10. The Kier molecular flexibility index (Phi) is 5.61. The minimum Gasteiger partial charge on any atom is -0.354 e. The number of thiophene rings is 1. The van der Waals surface area contributed by atoms with Gasteiger partial charge in [0, 0.05) is 31.7 Å². The molecule has 1 N–H and O–H groups in total. The van der Waals surface area contributed by atoms with Gasteiger partial charge in [0.1, 0.15) is 4.83 Å². The number of anilines is 2. The Morgan fingerprint density at radius 3 is 2.79 bits per heavy atom. The molecule has 0 unspecified atom stereocenters. The monoisotopic (exact) mass is 426 g/mol. The van der Waals surface area contributed by atoms with E-state index in [1.165, 1.54) is 11.3 Å². The van der Waals surface area contributed by atoms with Crippen molar-refractivity contribution >= 4 is 60.7 Å². The minimum absolute atomic E-state index is 0.101. The van der Waals surface area contributed by atoms with E-state index in [0.717, 1.165) is 36.7 Å². The molecule has 0 atom stereocenters. The standard InChI is InChI=1S/C20H18N4OS3/c1-24(2)20-23-19-16(28-20)11-15(27-19)18(25)22-14-7-5-6-13(10-14)12-26-17-8-3-4-9-21-17/h3-11H,12H2,1-2H3,(H,22,25). The van der Waals surface area contributed by atoms with E-state index in [1.807, 2.05) is 61.5 Å². The molecule has 1 aromatic carbocycles. The number of nitrogens with zero attached hydrogens (tertiary/aromatic N) is 3. The first-order valence-electron chi connectivity index (χ1n) is 8.60. The molecule has 1 amide bonds. The van der Waals surface area contributed by atoms with Crippen molar-refractivity contribution in [1.29, 1.82) is 0 Å². The third kappa shape index (κ3) is 4.35. The maximum absolute atomic E-state index is 12.6. The molecule has 142 valence electrons. The van der Waals surface area contributed by atoms with E-state index < -0.39 is 0 Å². The van der Waals surface area contributed by atoms with Gasteiger partial charge in [0.2, 0.25) is 0 Å². The van der Waals surface area contributed by atoms with Gasteiger partial charge in [-0.3, -0.25) is 4.79 Å². The zero-order valence-electron chi connectivity index (χ0n) is 15.4. The highest BCUT2D eigenvalue weighted by molar-refractivity contribution is 7.98. The van der Waals surface area contributed by atoms with Gasteiger partial charge in [0.05, 0.1) is 14.6 Å². The predicted molar refractivity (Wildman–Crippen MR) is 120 cm³/mol. The van der Waals surface area contributed by atoms with Crippen LogP contribution in [0.25, 0.3) is 9.53 Å². The average Bonchev–Trinajstić information content (AvgIpc) is 3.27. The van der Waals surface area contributed by atoms with Crippen molar-refractivity contribution in [2.45, 2.75) is 10.8 Å². The van der Waals surface area contributed by atoms with Gasteiger partial charge in [-0.25, -0.2) is 9.97 Å². The van der Waals surface area contributed by atoms with Crippen LogP contribution in [0.2, 0.25) is 0 Å². The maximum atomic E-state index is 12.6. The summed E-state index contributed by atoms with van der Waals surface area (Å²) in [4.78, 5) is 25.1. The molecule has 3 heterocycles. The predicted octanol–water partition coefficient (Wildman–Crippen LogP) is 5.36. The number of amides is 1. The Balaban J connectivity index is 1.43. The molecule has 0 aliphatic carbocycles. The number of pyridine rings is 1. The minimum atomic E-state index is -0.101. The first-order valence-corrected chi connectivity index (χ1v) is 11.2. The lowest BCUT2D eigenvalue weighted by Gasteiger charge is -2.07. The van der Waals surface area contributed by atoms with Crippen molar-refractivity contribution in [3.8, 4) is 0 Å². The van der Waals surface area contributed by atoms with Crippen molar-refractivity contribution in [1.82, 2.24) is 9.97 Å². The topological polar surface area (TPSA) is 58.1 Å². The molecule has 0 aliphatic heterocycles. The van der Waals surface area contributed by atoms with E-state index in [2.05, 4.69) is 21.4 Å². The van der Waals surface area contributed by atoms with Crippen LogP contribution in [-0.4, -0.2) is 30.0 Å². The van der Waals surface area contributed by atoms with E-state index in [1.54, 1.807) is 29.3 Å². The van der Waals surface area contributed by atoms with Crippen LogP contribution in [-0.2, 0) is 5.75 Å². The van der Waals surface area contributed by atoms with Gasteiger partial charge in [-0.1, -0.05) is 29.5 Å². The Labute approximate surface area is 175 Å². The summed E-state index contributed by atoms with van der Waals surface area (Å²) in [7, 11) is 3.93. The van der Waals surface area contributed by atoms with E-state index in [9.17, 15) is 4.79 Å². The van der Waals surface area contributed by atoms with Crippen molar-refractivity contribution in [3.05, 3.63) is 65.2 Å². The number of fused-ring (bicyclic) bond motifs is 1. The number of nitrogens with one attached hydrogen (secondary N) is 1. The maximum Gasteiger partial charge on any atom is 0.265 e. The first kappa shape index (κ1) is 18.9.